The highest BCUT2D eigenvalue weighted by Gasteiger charge is 2.28. The summed E-state index contributed by atoms with van der Waals surface area (Å²) in [7, 11) is 0. The Labute approximate surface area is 141 Å². The Bertz CT molecular complexity index is 444. The highest BCUT2D eigenvalue weighted by molar-refractivity contribution is 5.14. The molecule has 2 unspecified atom stereocenters. The highest BCUT2D eigenvalue weighted by atomic mass is 16.3. The normalized spacial score (nSPS) is 26.7. The van der Waals surface area contributed by atoms with Gasteiger partial charge in [0.1, 0.15) is 0 Å². The molecule has 1 heterocycles. The third-order valence-electron chi connectivity index (χ3n) is 5.58. The summed E-state index contributed by atoms with van der Waals surface area (Å²) in [6.45, 7) is 4.90. The van der Waals surface area contributed by atoms with Gasteiger partial charge in [-0.3, -0.25) is 0 Å². The number of aliphatic hydroxyl groups is 1. The van der Waals surface area contributed by atoms with Gasteiger partial charge >= 0.3 is 0 Å². The van der Waals surface area contributed by atoms with Crippen molar-refractivity contribution in [2.75, 3.05) is 26.2 Å². The van der Waals surface area contributed by atoms with Crippen LogP contribution in [0.15, 0.2) is 30.3 Å². The quantitative estimate of drug-likeness (QED) is 0.811. The van der Waals surface area contributed by atoms with E-state index in [9.17, 15) is 5.11 Å². The first-order valence-corrected chi connectivity index (χ1v) is 9.44. The van der Waals surface area contributed by atoms with Gasteiger partial charge < -0.3 is 15.3 Å². The van der Waals surface area contributed by atoms with E-state index >= 15 is 0 Å². The van der Waals surface area contributed by atoms with Crippen molar-refractivity contribution in [2.45, 2.75) is 51.1 Å². The van der Waals surface area contributed by atoms with Crippen LogP contribution >= 0.6 is 0 Å². The van der Waals surface area contributed by atoms with Crippen LogP contribution in [0.1, 0.15) is 44.1 Å². The fraction of sp³-hybridized carbons (Fsp3) is 0.700. The first kappa shape index (κ1) is 16.9. The Morgan fingerprint density at radius 1 is 1.04 bits per heavy atom. The Kier molecular flexibility index (Phi) is 6.49. The molecule has 0 radical (unpaired) electrons. The molecule has 1 aromatic rings. The van der Waals surface area contributed by atoms with E-state index in [1.165, 1.54) is 57.3 Å². The summed E-state index contributed by atoms with van der Waals surface area (Å²) in [4.78, 5) is 2.67. The molecule has 0 aromatic heterocycles. The van der Waals surface area contributed by atoms with Crippen molar-refractivity contribution in [1.29, 1.82) is 0 Å². The zero-order chi connectivity index (χ0) is 15.9. The van der Waals surface area contributed by atoms with E-state index in [2.05, 4.69) is 40.5 Å². The smallest absolute Gasteiger partial charge is 0.0434 e. The Morgan fingerprint density at radius 2 is 1.83 bits per heavy atom. The number of rotatable bonds is 7. The molecule has 0 spiro atoms. The van der Waals surface area contributed by atoms with Gasteiger partial charge in [-0.15, -0.1) is 0 Å². The minimum Gasteiger partial charge on any atom is -0.396 e. The summed E-state index contributed by atoms with van der Waals surface area (Å²) in [5, 5.41) is 13.1. The van der Waals surface area contributed by atoms with Gasteiger partial charge in [-0.1, -0.05) is 43.2 Å². The number of nitrogens with zero attached hydrogens (tertiary/aromatic N) is 1. The summed E-state index contributed by atoms with van der Waals surface area (Å²) >= 11 is 0. The van der Waals surface area contributed by atoms with Crippen molar-refractivity contribution in [3.63, 3.8) is 0 Å². The Morgan fingerprint density at radius 3 is 2.57 bits per heavy atom. The van der Waals surface area contributed by atoms with Crippen LogP contribution in [-0.4, -0.2) is 42.3 Å². The molecule has 2 atom stereocenters. The molecule has 128 valence electrons. The van der Waals surface area contributed by atoms with Crippen LogP contribution in [0.5, 0.6) is 0 Å². The molecule has 2 aliphatic rings. The van der Waals surface area contributed by atoms with Crippen LogP contribution < -0.4 is 5.32 Å². The number of likely N-dealkylation sites (tertiary alicyclic amines) is 1. The van der Waals surface area contributed by atoms with Gasteiger partial charge in [0.05, 0.1) is 0 Å². The lowest BCUT2D eigenvalue weighted by molar-refractivity contribution is 0.106. The molecule has 1 saturated heterocycles. The lowest BCUT2D eigenvalue weighted by atomic mass is 9.90. The van der Waals surface area contributed by atoms with E-state index in [-0.39, 0.29) is 0 Å². The van der Waals surface area contributed by atoms with Crippen molar-refractivity contribution >= 4 is 0 Å². The summed E-state index contributed by atoms with van der Waals surface area (Å²) in [5.41, 5.74) is 1.36. The molecule has 1 aliphatic heterocycles. The predicted molar refractivity (Wildman–Crippen MR) is 95.3 cm³/mol. The van der Waals surface area contributed by atoms with Crippen molar-refractivity contribution < 1.29 is 5.11 Å². The molecule has 3 heteroatoms. The van der Waals surface area contributed by atoms with E-state index < -0.39 is 0 Å². The van der Waals surface area contributed by atoms with Crippen molar-refractivity contribution in [2.24, 2.45) is 11.8 Å². The number of piperidine rings is 1. The van der Waals surface area contributed by atoms with Crippen LogP contribution in [0, 0.1) is 11.8 Å². The molecule has 1 aliphatic carbocycles. The second-order valence-electron chi connectivity index (χ2n) is 7.55. The highest BCUT2D eigenvalue weighted by Crippen LogP contribution is 2.28. The van der Waals surface area contributed by atoms with Crippen molar-refractivity contribution in [3.8, 4) is 0 Å². The maximum absolute atomic E-state index is 9.34. The third-order valence-corrected chi connectivity index (χ3v) is 5.58. The molecule has 3 rings (SSSR count). The van der Waals surface area contributed by atoms with Gasteiger partial charge in [-0.25, -0.2) is 0 Å². The third kappa shape index (κ3) is 5.30. The summed E-state index contributed by atoms with van der Waals surface area (Å²) < 4.78 is 0. The van der Waals surface area contributed by atoms with Crippen molar-refractivity contribution in [1.82, 2.24) is 10.2 Å². The fourth-order valence-electron chi connectivity index (χ4n) is 4.41. The number of nitrogens with one attached hydrogen (secondary N) is 1. The maximum Gasteiger partial charge on any atom is 0.0434 e. The standard InChI is InChI=1S/C20H32N2O/c23-11-10-19-12-20(21-13-17-6-2-1-3-7-17)16-22(15-19)14-18-8-4-5-9-18/h1-3,6-7,18-21,23H,4-5,8-16H2. The van der Waals surface area contributed by atoms with Crippen LogP contribution in [-0.2, 0) is 6.54 Å². The first-order chi connectivity index (χ1) is 11.3. The largest absolute Gasteiger partial charge is 0.396 e. The number of benzene rings is 1. The average molecular weight is 316 g/mol. The van der Waals surface area contributed by atoms with Gasteiger partial charge in [0.15, 0.2) is 0 Å². The minimum absolute atomic E-state index is 0.327. The zero-order valence-corrected chi connectivity index (χ0v) is 14.3. The van der Waals surface area contributed by atoms with Crippen molar-refractivity contribution in [3.05, 3.63) is 35.9 Å². The van der Waals surface area contributed by atoms with E-state index in [0.29, 0.717) is 18.6 Å². The lowest BCUT2D eigenvalue weighted by Gasteiger charge is -2.39. The van der Waals surface area contributed by atoms with Gasteiger partial charge in [0.25, 0.3) is 0 Å². The topological polar surface area (TPSA) is 35.5 Å². The molecule has 0 amide bonds. The van der Waals surface area contributed by atoms with Crippen LogP contribution in [0.4, 0.5) is 0 Å². The molecule has 0 bridgehead atoms. The molecule has 3 nitrogen and oxygen atoms in total. The summed E-state index contributed by atoms with van der Waals surface area (Å²) in [5.74, 6) is 1.56. The van der Waals surface area contributed by atoms with Gasteiger partial charge in [-0.05, 0) is 43.1 Å². The number of hydrogen-bond acceptors (Lipinski definition) is 3. The zero-order valence-electron chi connectivity index (χ0n) is 14.3. The number of hydrogen-bond donors (Lipinski definition) is 2. The minimum atomic E-state index is 0.327. The van der Waals surface area contributed by atoms with Gasteiger partial charge in [-0.2, -0.15) is 0 Å². The van der Waals surface area contributed by atoms with Gasteiger partial charge in [0, 0.05) is 38.8 Å². The summed E-state index contributed by atoms with van der Waals surface area (Å²) in [6.07, 6.45) is 7.84. The van der Waals surface area contributed by atoms with Crippen LogP contribution in [0.2, 0.25) is 0 Å². The van der Waals surface area contributed by atoms with Gasteiger partial charge in [0.2, 0.25) is 0 Å². The second-order valence-corrected chi connectivity index (χ2v) is 7.55. The van der Waals surface area contributed by atoms with E-state index in [4.69, 9.17) is 0 Å². The van der Waals surface area contributed by atoms with E-state index in [0.717, 1.165) is 18.9 Å². The first-order valence-electron chi connectivity index (χ1n) is 9.44. The Balaban J connectivity index is 1.52. The molecule has 23 heavy (non-hydrogen) atoms. The molecular formula is C20H32N2O. The number of aliphatic hydroxyl groups excluding tert-OH is 1. The predicted octanol–water partition coefficient (Wildman–Crippen LogP) is 3.04. The fourth-order valence-corrected chi connectivity index (χ4v) is 4.41. The Hall–Kier alpha value is -0.900. The SMILES string of the molecule is OCCC1CC(NCc2ccccc2)CN(CC2CCCC2)C1. The molecule has 1 aromatic carbocycles. The van der Waals surface area contributed by atoms with Crippen LogP contribution in [0.25, 0.3) is 0 Å². The van der Waals surface area contributed by atoms with Crippen LogP contribution in [0.3, 0.4) is 0 Å². The maximum atomic E-state index is 9.34. The average Bonchev–Trinajstić information content (AvgIpc) is 3.07. The van der Waals surface area contributed by atoms with E-state index in [1.807, 2.05) is 0 Å². The lowest BCUT2D eigenvalue weighted by Crippen LogP contribution is -2.50. The molecular weight excluding hydrogens is 284 g/mol. The second kappa shape index (κ2) is 8.81. The summed E-state index contributed by atoms with van der Waals surface area (Å²) in [6, 6.07) is 11.2. The molecule has 1 saturated carbocycles. The molecule has 2 fully saturated rings. The monoisotopic (exact) mass is 316 g/mol. The molecule has 2 N–H and O–H groups in total. The van der Waals surface area contributed by atoms with E-state index in [1.54, 1.807) is 0 Å².